The molecule has 0 unspecified atom stereocenters. The van der Waals surface area contributed by atoms with Gasteiger partial charge in [0, 0.05) is 13.7 Å². The van der Waals surface area contributed by atoms with Crippen molar-refractivity contribution >= 4 is 6.09 Å². The average Bonchev–Trinajstić information content (AvgIpc) is 2.13. The molecule has 5 nitrogen and oxygen atoms in total. The molecule has 16 heavy (non-hydrogen) atoms. The predicted molar refractivity (Wildman–Crippen MR) is 60.9 cm³/mol. The maximum absolute atomic E-state index is 10.4. The maximum Gasteiger partial charge on any atom is 0.409 e. The second-order valence-corrected chi connectivity index (χ2v) is 4.05. The molecular weight excluding hydrogens is 210 g/mol. The molecule has 0 saturated carbocycles. The minimum absolute atomic E-state index is 0.264. The number of primary amides is 1. The number of amides is 1. The molecule has 0 rings (SSSR count). The summed E-state index contributed by atoms with van der Waals surface area (Å²) in [5.74, 6) is 0.440. The van der Waals surface area contributed by atoms with Gasteiger partial charge in [0.25, 0.3) is 0 Å². The van der Waals surface area contributed by atoms with Gasteiger partial charge in [0.2, 0.25) is 0 Å². The van der Waals surface area contributed by atoms with Gasteiger partial charge in [0.15, 0.2) is 0 Å². The number of allylic oxidation sites excluding steroid dienone is 1. The molecule has 0 saturated heterocycles. The Labute approximate surface area is 96.5 Å². The Morgan fingerprint density at radius 1 is 1.44 bits per heavy atom. The Hall–Kier alpha value is -1.07. The van der Waals surface area contributed by atoms with Gasteiger partial charge in [-0.15, -0.1) is 0 Å². The SMILES string of the molecule is COCCC(C)(C)OC/C=C(/C)OC(N)=O. The molecule has 1 amide bonds. The molecule has 0 bridgehead atoms. The predicted octanol–water partition coefficient (Wildman–Crippen LogP) is 1.82. The lowest BCUT2D eigenvalue weighted by molar-refractivity contribution is -0.0230. The van der Waals surface area contributed by atoms with Crippen LogP contribution in [0.1, 0.15) is 27.2 Å². The molecule has 0 aromatic carbocycles. The third kappa shape index (κ3) is 8.26. The first kappa shape index (κ1) is 14.9. The normalized spacial score (nSPS) is 12.6. The van der Waals surface area contributed by atoms with Crippen LogP contribution < -0.4 is 5.73 Å². The van der Waals surface area contributed by atoms with Crippen molar-refractivity contribution < 1.29 is 19.0 Å². The highest BCUT2D eigenvalue weighted by Gasteiger charge is 2.17. The molecule has 2 N–H and O–H groups in total. The fourth-order valence-electron chi connectivity index (χ4n) is 1.00. The summed E-state index contributed by atoms with van der Waals surface area (Å²) in [5.41, 5.74) is 4.59. The van der Waals surface area contributed by atoms with E-state index < -0.39 is 6.09 Å². The van der Waals surface area contributed by atoms with E-state index in [1.165, 1.54) is 0 Å². The molecule has 5 heteroatoms. The van der Waals surface area contributed by atoms with Crippen molar-refractivity contribution in [1.29, 1.82) is 0 Å². The highest BCUT2D eigenvalue weighted by atomic mass is 16.6. The summed E-state index contributed by atoms with van der Waals surface area (Å²) >= 11 is 0. The number of nitrogens with two attached hydrogens (primary N) is 1. The van der Waals surface area contributed by atoms with Crippen LogP contribution >= 0.6 is 0 Å². The number of hydrogen-bond acceptors (Lipinski definition) is 4. The number of carbonyl (C=O) groups excluding carboxylic acids is 1. The zero-order valence-electron chi connectivity index (χ0n) is 10.4. The summed E-state index contributed by atoms with van der Waals surface area (Å²) in [7, 11) is 1.65. The van der Waals surface area contributed by atoms with Crippen LogP contribution in [0.4, 0.5) is 4.79 Å². The van der Waals surface area contributed by atoms with Crippen molar-refractivity contribution in [2.24, 2.45) is 5.73 Å². The van der Waals surface area contributed by atoms with Crippen LogP contribution in [0.5, 0.6) is 0 Å². The van der Waals surface area contributed by atoms with Crippen LogP contribution in [0.2, 0.25) is 0 Å². The van der Waals surface area contributed by atoms with Gasteiger partial charge in [-0.25, -0.2) is 4.79 Å². The van der Waals surface area contributed by atoms with E-state index in [-0.39, 0.29) is 5.60 Å². The summed E-state index contributed by atoms with van der Waals surface area (Å²) in [6.45, 7) is 6.62. The molecule has 0 fully saturated rings. The number of carbonyl (C=O) groups is 1. The Balaban J connectivity index is 3.90. The van der Waals surface area contributed by atoms with Crippen LogP contribution in [-0.2, 0) is 14.2 Å². The van der Waals surface area contributed by atoms with Crippen LogP contribution in [0.3, 0.4) is 0 Å². The van der Waals surface area contributed by atoms with Crippen LogP contribution in [-0.4, -0.2) is 32.0 Å². The molecule has 0 aliphatic rings. The first-order valence-corrected chi connectivity index (χ1v) is 5.14. The fourth-order valence-corrected chi connectivity index (χ4v) is 1.00. The first-order valence-electron chi connectivity index (χ1n) is 5.14. The molecule has 0 atom stereocenters. The van der Waals surface area contributed by atoms with Gasteiger partial charge in [-0.2, -0.15) is 0 Å². The molecular formula is C11H21NO4. The van der Waals surface area contributed by atoms with Gasteiger partial charge in [-0.05, 0) is 33.3 Å². The third-order valence-electron chi connectivity index (χ3n) is 2.01. The van der Waals surface area contributed by atoms with Crippen LogP contribution in [0.15, 0.2) is 11.8 Å². The lowest BCUT2D eigenvalue weighted by Crippen LogP contribution is -2.26. The van der Waals surface area contributed by atoms with E-state index >= 15 is 0 Å². The highest BCUT2D eigenvalue weighted by Crippen LogP contribution is 2.14. The summed E-state index contributed by atoms with van der Waals surface area (Å²) in [6.07, 6.45) is 1.65. The lowest BCUT2D eigenvalue weighted by atomic mass is 10.1. The van der Waals surface area contributed by atoms with Crippen LogP contribution in [0, 0.1) is 0 Å². The summed E-state index contributed by atoms with van der Waals surface area (Å²) < 4.78 is 15.2. The van der Waals surface area contributed by atoms with E-state index in [0.717, 1.165) is 6.42 Å². The average molecular weight is 231 g/mol. The summed E-state index contributed by atoms with van der Waals surface area (Å²) in [5, 5.41) is 0. The molecule has 0 radical (unpaired) electrons. The Morgan fingerprint density at radius 2 is 2.06 bits per heavy atom. The zero-order chi connectivity index (χ0) is 12.6. The Morgan fingerprint density at radius 3 is 2.56 bits per heavy atom. The van der Waals surface area contributed by atoms with Crippen molar-refractivity contribution in [3.63, 3.8) is 0 Å². The largest absolute Gasteiger partial charge is 0.416 e. The molecule has 94 valence electrons. The van der Waals surface area contributed by atoms with Crippen molar-refractivity contribution in [3.8, 4) is 0 Å². The minimum atomic E-state index is -0.813. The van der Waals surface area contributed by atoms with E-state index in [4.69, 9.17) is 15.2 Å². The first-order chi connectivity index (χ1) is 7.37. The molecule has 0 aliphatic heterocycles. The summed E-state index contributed by atoms with van der Waals surface area (Å²) in [4.78, 5) is 10.4. The second-order valence-electron chi connectivity index (χ2n) is 4.05. The van der Waals surface area contributed by atoms with Gasteiger partial charge in [0.1, 0.15) is 5.76 Å². The van der Waals surface area contributed by atoms with Gasteiger partial charge >= 0.3 is 6.09 Å². The van der Waals surface area contributed by atoms with E-state index in [2.05, 4.69) is 4.74 Å². The molecule has 0 spiro atoms. The molecule has 0 aromatic rings. The van der Waals surface area contributed by atoms with Gasteiger partial charge in [-0.3, -0.25) is 0 Å². The minimum Gasteiger partial charge on any atom is -0.416 e. The zero-order valence-corrected chi connectivity index (χ0v) is 10.4. The quantitative estimate of drug-likeness (QED) is 0.678. The van der Waals surface area contributed by atoms with Crippen molar-refractivity contribution in [2.45, 2.75) is 32.8 Å². The highest BCUT2D eigenvalue weighted by molar-refractivity contribution is 5.65. The maximum atomic E-state index is 10.4. The van der Waals surface area contributed by atoms with Crippen molar-refractivity contribution in [1.82, 2.24) is 0 Å². The van der Waals surface area contributed by atoms with E-state index in [9.17, 15) is 4.79 Å². The van der Waals surface area contributed by atoms with Crippen molar-refractivity contribution in [3.05, 3.63) is 11.8 Å². The Bertz CT molecular complexity index is 248. The van der Waals surface area contributed by atoms with Crippen LogP contribution in [0.25, 0.3) is 0 Å². The van der Waals surface area contributed by atoms with Gasteiger partial charge < -0.3 is 19.9 Å². The van der Waals surface area contributed by atoms with E-state index in [1.807, 2.05) is 13.8 Å². The smallest absolute Gasteiger partial charge is 0.409 e. The number of methoxy groups -OCH3 is 1. The van der Waals surface area contributed by atoms with E-state index in [0.29, 0.717) is 19.0 Å². The number of rotatable bonds is 7. The summed E-state index contributed by atoms with van der Waals surface area (Å²) in [6, 6.07) is 0. The molecule has 0 heterocycles. The van der Waals surface area contributed by atoms with E-state index in [1.54, 1.807) is 20.1 Å². The topological polar surface area (TPSA) is 70.8 Å². The second kappa shape index (κ2) is 7.24. The van der Waals surface area contributed by atoms with Gasteiger partial charge in [0.05, 0.1) is 12.2 Å². The molecule has 0 aliphatic carbocycles. The van der Waals surface area contributed by atoms with Crippen molar-refractivity contribution in [2.75, 3.05) is 20.3 Å². The monoisotopic (exact) mass is 231 g/mol. The lowest BCUT2D eigenvalue weighted by Gasteiger charge is -2.24. The third-order valence-corrected chi connectivity index (χ3v) is 2.01. The standard InChI is InChI=1S/C11H21NO4/c1-9(16-10(12)13)5-7-15-11(2,3)6-8-14-4/h5H,6-8H2,1-4H3,(H2,12,13)/b9-5-. The Kier molecular flexibility index (Phi) is 6.76. The molecule has 0 aromatic heterocycles. The van der Waals surface area contributed by atoms with Gasteiger partial charge in [-0.1, -0.05) is 0 Å². The number of ether oxygens (including phenoxy) is 3. The fraction of sp³-hybridized carbons (Fsp3) is 0.727. The number of hydrogen-bond donors (Lipinski definition) is 1.